The van der Waals surface area contributed by atoms with Crippen molar-refractivity contribution in [3.8, 4) is 0 Å². The van der Waals surface area contributed by atoms with Gasteiger partial charge in [0.05, 0.1) is 19.4 Å². The molecule has 1 unspecified atom stereocenters. The number of rotatable bonds is 4. The number of hydrogen-bond donors (Lipinski definition) is 1. The molecule has 3 heterocycles. The number of hydrogen-bond acceptors (Lipinski definition) is 6. The van der Waals surface area contributed by atoms with E-state index in [1.807, 2.05) is 11.8 Å². The maximum absolute atomic E-state index is 14.0. The summed E-state index contributed by atoms with van der Waals surface area (Å²) in [4.78, 5) is 12.7. The molecule has 0 aliphatic carbocycles. The fourth-order valence-corrected chi connectivity index (χ4v) is 3.00. The minimum Gasteiger partial charge on any atom is -0.379 e. The Bertz CT molecular complexity index is 480. The summed E-state index contributed by atoms with van der Waals surface area (Å²) in [5.74, 6) is 0.555. The highest BCUT2D eigenvalue weighted by atomic mass is 19.1. The van der Waals surface area contributed by atoms with E-state index in [1.165, 1.54) is 6.20 Å². The van der Waals surface area contributed by atoms with Crippen molar-refractivity contribution in [2.75, 3.05) is 56.2 Å². The van der Waals surface area contributed by atoms with Gasteiger partial charge in [-0.3, -0.25) is 4.90 Å². The third kappa shape index (κ3) is 3.24. The van der Waals surface area contributed by atoms with Crippen LogP contribution in [0.1, 0.15) is 13.3 Å². The first kappa shape index (κ1) is 14.5. The lowest BCUT2D eigenvalue weighted by molar-refractivity contribution is 0.0209. The van der Waals surface area contributed by atoms with Crippen molar-refractivity contribution in [3.63, 3.8) is 0 Å². The van der Waals surface area contributed by atoms with Gasteiger partial charge in [0.2, 0.25) is 5.95 Å². The van der Waals surface area contributed by atoms with Crippen LogP contribution in [-0.4, -0.2) is 66.8 Å². The predicted octanol–water partition coefficient (Wildman–Crippen LogP) is 0.958. The number of halogens is 1. The molecule has 0 aromatic carbocycles. The summed E-state index contributed by atoms with van der Waals surface area (Å²) in [5.41, 5.74) is 0. The molecular weight excluding hydrogens is 273 g/mol. The van der Waals surface area contributed by atoms with Crippen molar-refractivity contribution in [1.29, 1.82) is 0 Å². The van der Waals surface area contributed by atoms with E-state index >= 15 is 0 Å². The maximum Gasteiger partial charge on any atom is 0.224 e. The SMILES string of the molecule is CCNc1ncc(F)c(N2CCC(N3CCOCC3)C2)n1. The van der Waals surface area contributed by atoms with Gasteiger partial charge in [0.1, 0.15) is 0 Å². The molecule has 7 heteroatoms. The molecule has 2 saturated heterocycles. The monoisotopic (exact) mass is 295 g/mol. The number of anilines is 2. The smallest absolute Gasteiger partial charge is 0.224 e. The molecule has 1 aromatic rings. The quantitative estimate of drug-likeness (QED) is 0.893. The van der Waals surface area contributed by atoms with E-state index in [0.29, 0.717) is 17.8 Å². The molecule has 1 aromatic heterocycles. The molecule has 21 heavy (non-hydrogen) atoms. The van der Waals surface area contributed by atoms with Crippen molar-refractivity contribution >= 4 is 11.8 Å². The third-order valence-corrected chi connectivity index (χ3v) is 4.09. The van der Waals surface area contributed by atoms with E-state index in [0.717, 1.165) is 52.4 Å². The van der Waals surface area contributed by atoms with Crippen LogP contribution in [0.2, 0.25) is 0 Å². The van der Waals surface area contributed by atoms with Gasteiger partial charge in [-0.05, 0) is 13.3 Å². The van der Waals surface area contributed by atoms with Gasteiger partial charge < -0.3 is 15.0 Å². The second-order valence-electron chi connectivity index (χ2n) is 5.43. The predicted molar refractivity (Wildman–Crippen MR) is 79.2 cm³/mol. The summed E-state index contributed by atoms with van der Waals surface area (Å²) in [6.07, 6.45) is 2.29. The molecule has 0 saturated carbocycles. The summed E-state index contributed by atoms with van der Waals surface area (Å²) in [5, 5.41) is 3.03. The fourth-order valence-electron chi connectivity index (χ4n) is 3.00. The van der Waals surface area contributed by atoms with Crippen LogP contribution in [0, 0.1) is 5.82 Å². The molecule has 1 N–H and O–H groups in total. The van der Waals surface area contributed by atoms with Crippen LogP contribution < -0.4 is 10.2 Å². The summed E-state index contributed by atoms with van der Waals surface area (Å²) in [6, 6.07) is 0.464. The van der Waals surface area contributed by atoms with Crippen LogP contribution in [0.15, 0.2) is 6.20 Å². The van der Waals surface area contributed by atoms with Gasteiger partial charge in [0.25, 0.3) is 0 Å². The Labute approximate surface area is 124 Å². The number of morpholine rings is 1. The second kappa shape index (κ2) is 6.53. The molecule has 2 aliphatic rings. The fraction of sp³-hybridized carbons (Fsp3) is 0.714. The van der Waals surface area contributed by atoms with E-state index in [-0.39, 0.29) is 5.82 Å². The van der Waals surface area contributed by atoms with Crippen LogP contribution in [0.5, 0.6) is 0 Å². The van der Waals surface area contributed by atoms with Crippen molar-refractivity contribution in [3.05, 3.63) is 12.0 Å². The number of aromatic nitrogens is 2. The molecule has 2 fully saturated rings. The highest BCUT2D eigenvalue weighted by Gasteiger charge is 2.30. The van der Waals surface area contributed by atoms with Crippen molar-refractivity contribution in [2.24, 2.45) is 0 Å². The number of nitrogens with zero attached hydrogens (tertiary/aromatic N) is 4. The van der Waals surface area contributed by atoms with E-state index in [4.69, 9.17) is 4.74 Å². The van der Waals surface area contributed by atoms with Crippen molar-refractivity contribution in [2.45, 2.75) is 19.4 Å². The lowest BCUT2D eigenvalue weighted by Crippen LogP contribution is -2.44. The molecule has 3 rings (SSSR count). The molecule has 0 bridgehead atoms. The Balaban J connectivity index is 1.68. The molecule has 0 amide bonds. The Morgan fingerprint density at radius 2 is 2.19 bits per heavy atom. The van der Waals surface area contributed by atoms with Gasteiger partial charge in [0, 0.05) is 38.8 Å². The zero-order chi connectivity index (χ0) is 14.7. The maximum atomic E-state index is 14.0. The van der Waals surface area contributed by atoms with Crippen molar-refractivity contribution < 1.29 is 9.13 Å². The molecular formula is C14H22FN5O. The lowest BCUT2D eigenvalue weighted by atomic mass is 10.2. The van der Waals surface area contributed by atoms with Crippen LogP contribution in [0.3, 0.4) is 0 Å². The molecule has 0 spiro atoms. The molecule has 2 aliphatic heterocycles. The van der Waals surface area contributed by atoms with Gasteiger partial charge in [-0.2, -0.15) is 4.98 Å². The van der Waals surface area contributed by atoms with Crippen LogP contribution in [0.25, 0.3) is 0 Å². The Morgan fingerprint density at radius 1 is 1.38 bits per heavy atom. The Morgan fingerprint density at radius 3 is 2.95 bits per heavy atom. The van der Waals surface area contributed by atoms with Gasteiger partial charge in [-0.1, -0.05) is 0 Å². The zero-order valence-corrected chi connectivity index (χ0v) is 12.4. The first-order valence-electron chi connectivity index (χ1n) is 7.61. The van der Waals surface area contributed by atoms with Crippen molar-refractivity contribution in [1.82, 2.24) is 14.9 Å². The largest absolute Gasteiger partial charge is 0.379 e. The first-order chi connectivity index (χ1) is 10.3. The Kier molecular flexibility index (Phi) is 4.50. The normalized spacial score (nSPS) is 23.5. The average molecular weight is 295 g/mol. The summed E-state index contributed by atoms with van der Waals surface area (Å²) in [6.45, 7) is 7.87. The first-order valence-corrected chi connectivity index (χ1v) is 7.61. The third-order valence-electron chi connectivity index (χ3n) is 4.09. The minimum atomic E-state index is -0.348. The zero-order valence-electron chi connectivity index (χ0n) is 12.4. The highest BCUT2D eigenvalue weighted by molar-refractivity contribution is 5.45. The standard InChI is InChI=1S/C14H22FN5O/c1-2-16-14-17-9-12(15)13(18-14)20-4-3-11(10-20)19-5-7-21-8-6-19/h9,11H,2-8,10H2,1H3,(H,16,17,18). The Hall–Kier alpha value is -1.47. The number of nitrogens with one attached hydrogen (secondary N) is 1. The molecule has 0 radical (unpaired) electrons. The summed E-state index contributed by atoms with van der Waals surface area (Å²) >= 11 is 0. The number of ether oxygens (including phenoxy) is 1. The van der Waals surface area contributed by atoms with Crippen LogP contribution in [0.4, 0.5) is 16.2 Å². The summed E-state index contributed by atoms with van der Waals surface area (Å²) < 4.78 is 19.4. The van der Waals surface area contributed by atoms with E-state index in [1.54, 1.807) is 0 Å². The summed E-state index contributed by atoms with van der Waals surface area (Å²) in [7, 11) is 0. The van der Waals surface area contributed by atoms with Crippen LogP contribution >= 0.6 is 0 Å². The van der Waals surface area contributed by atoms with Gasteiger partial charge in [0.15, 0.2) is 11.6 Å². The van der Waals surface area contributed by atoms with Gasteiger partial charge >= 0.3 is 0 Å². The highest BCUT2D eigenvalue weighted by Crippen LogP contribution is 2.24. The minimum absolute atomic E-state index is 0.348. The topological polar surface area (TPSA) is 53.5 Å². The van der Waals surface area contributed by atoms with Gasteiger partial charge in [-0.15, -0.1) is 0 Å². The van der Waals surface area contributed by atoms with E-state index < -0.39 is 0 Å². The molecule has 1 atom stereocenters. The van der Waals surface area contributed by atoms with E-state index in [9.17, 15) is 4.39 Å². The van der Waals surface area contributed by atoms with Gasteiger partial charge in [-0.25, -0.2) is 9.37 Å². The average Bonchev–Trinajstić information content (AvgIpc) is 3.00. The lowest BCUT2D eigenvalue weighted by Gasteiger charge is -2.32. The second-order valence-corrected chi connectivity index (χ2v) is 5.43. The molecule has 6 nitrogen and oxygen atoms in total. The molecule has 116 valence electrons. The van der Waals surface area contributed by atoms with E-state index in [2.05, 4.69) is 20.2 Å². The van der Waals surface area contributed by atoms with Crippen LogP contribution in [-0.2, 0) is 4.74 Å².